The second-order valence-corrected chi connectivity index (χ2v) is 8.90. The monoisotopic (exact) mass is 466 g/mol. The highest BCUT2D eigenvalue weighted by atomic mass is 35.5. The topological polar surface area (TPSA) is 69.0 Å². The summed E-state index contributed by atoms with van der Waals surface area (Å²) in [7, 11) is 1.40. The molecule has 2 aromatic rings. The van der Waals surface area contributed by atoms with Crippen LogP contribution < -0.4 is 0 Å². The molecule has 5 rings (SSSR count). The van der Waals surface area contributed by atoms with Crippen molar-refractivity contribution in [1.82, 2.24) is 14.5 Å². The smallest absolute Gasteiger partial charge is 0.337 e. The fourth-order valence-corrected chi connectivity index (χ4v) is 4.61. The number of aromatic nitrogens is 2. The number of esters is 1. The molecule has 7 nitrogen and oxygen atoms in total. The Kier molecular flexibility index (Phi) is 6.44. The lowest BCUT2D eigenvalue weighted by molar-refractivity contribution is -0.0591. The Morgan fingerprint density at radius 3 is 2.97 bits per heavy atom. The van der Waals surface area contributed by atoms with E-state index in [1.807, 2.05) is 24.3 Å². The van der Waals surface area contributed by atoms with E-state index in [4.69, 9.17) is 26.1 Å². The second-order valence-electron chi connectivity index (χ2n) is 8.51. The van der Waals surface area contributed by atoms with Crippen LogP contribution in [0.25, 0.3) is 11.0 Å². The lowest BCUT2D eigenvalue weighted by Gasteiger charge is -2.29. The molecule has 0 radical (unpaired) electrons. The van der Waals surface area contributed by atoms with E-state index in [-0.39, 0.29) is 12.1 Å². The van der Waals surface area contributed by atoms with Crippen molar-refractivity contribution in [2.24, 2.45) is 4.99 Å². The van der Waals surface area contributed by atoms with Crippen LogP contribution in [0.15, 0.2) is 58.2 Å². The van der Waals surface area contributed by atoms with E-state index < -0.39 is 0 Å². The molecule has 0 amide bonds. The number of fused-ring (bicyclic) bond motifs is 1. The van der Waals surface area contributed by atoms with Crippen LogP contribution in [0.1, 0.15) is 35.4 Å². The molecular weight excluding hydrogens is 440 g/mol. The summed E-state index contributed by atoms with van der Waals surface area (Å²) in [6.07, 6.45) is 11.1. The van der Waals surface area contributed by atoms with Crippen LogP contribution in [-0.4, -0.2) is 59.0 Å². The van der Waals surface area contributed by atoms with E-state index >= 15 is 0 Å². The van der Waals surface area contributed by atoms with Gasteiger partial charge in [0.25, 0.3) is 0 Å². The molecule has 1 saturated heterocycles. The molecule has 0 aliphatic carbocycles. The zero-order valence-electron chi connectivity index (χ0n) is 18.7. The third kappa shape index (κ3) is 4.81. The number of hydrogen-bond donors (Lipinski definition) is 0. The maximum Gasteiger partial charge on any atom is 0.337 e. The van der Waals surface area contributed by atoms with Gasteiger partial charge in [-0.15, -0.1) is 0 Å². The first-order valence-corrected chi connectivity index (χ1v) is 11.7. The van der Waals surface area contributed by atoms with Crippen molar-refractivity contribution in [2.45, 2.75) is 38.5 Å². The van der Waals surface area contributed by atoms with Crippen LogP contribution in [0.3, 0.4) is 0 Å². The fourth-order valence-electron chi connectivity index (χ4n) is 4.43. The van der Waals surface area contributed by atoms with Crippen LogP contribution in [0.5, 0.6) is 0 Å². The molecule has 1 atom stereocenters. The maximum atomic E-state index is 12.1. The summed E-state index contributed by atoms with van der Waals surface area (Å²) in [5.74, 6) is 0.645. The predicted octanol–water partition coefficient (Wildman–Crippen LogP) is 4.23. The van der Waals surface area contributed by atoms with Gasteiger partial charge in [-0.1, -0.05) is 29.8 Å². The quantitative estimate of drug-likeness (QED) is 0.471. The van der Waals surface area contributed by atoms with E-state index in [9.17, 15) is 4.79 Å². The molecule has 0 spiro atoms. The Labute approximate surface area is 198 Å². The van der Waals surface area contributed by atoms with Gasteiger partial charge in [0.1, 0.15) is 11.0 Å². The Hall–Kier alpha value is -2.74. The molecule has 172 valence electrons. The number of nitrogens with zero attached hydrogens (tertiary/aromatic N) is 4. The molecule has 0 N–H and O–H groups in total. The van der Waals surface area contributed by atoms with Gasteiger partial charge in [-0.3, -0.25) is 4.90 Å². The number of halogens is 1. The number of carbonyl (C=O) groups excluding carboxylic acids is 1. The minimum atomic E-state index is -0.342. The average Bonchev–Trinajstić information content (AvgIpc) is 2.97. The number of aliphatic imine (C=N–C) groups is 1. The van der Waals surface area contributed by atoms with Crippen molar-refractivity contribution in [3.8, 4) is 0 Å². The number of ether oxygens (including phenoxy) is 2. The third-order valence-corrected chi connectivity index (χ3v) is 6.59. The lowest BCUT2D eigenvalue weighted by Crippen LogP contribution is -2.34. The fraction of sp³-hybridized carbons (Fsp3) is 0.400. The minimum Gasteiger partial charge on any atom is -0.465 e. The molecule has 3 aliphatic heterocycles. The first kappa shape index (κ1) is 22.1. The first-order valence-electron chi connectivity index (χ1n) is 11.3. The Bertz CT molecular complexity index is 1190. The van der Waals surface area contributed by atoms with Gasteiger partial charge < -0.3 is 14.0 Å². The number of imidazole rings is 1. The van der Waals surface area contributed by atoms with Crippen LogP contribution >= 0.6 is 11.6 Å². The molecule has 0 bridgehead atoms. The summed E-state index contributed by atoms with van der Waals surface area (Å²) in [6.45, 7) is 4.02. The molecule has 8 heteroatoms. The van der Waals surface area contributed by atoms with Gasteiger partial charge >= 0.3 is 5.97 Å². The summed E-state index contributed by atoms with van der Waals surface area (Å²) >= 11 is 6.16. The SMILES string of the molecule is COC(=O)c1ccc2nc(CN3CC=C(C4=NC(Cl)=CC=CC4)CC3)n(CC3CCO3)c2c1. The van der Waals surface area contributed by atoms with E-state index in [1.165, 1.54) is 12.7 Å². The largest absolute Gasteiger partial charge is 0.465 e. The summed E-state index contributed by atoms with van der Waals surface area (Å²) < 4.78 is 12.8. The van der Waals surface area contributed by atoms with E-state index in [0.29, 0.717) is 10.7 Å². The average molecular weight is 467 g/mol. The highest BCUT2D eigenvalue weighted by Gasteiger charge is 2.24. The molecule has 1 aromatic heterocycles. The van der Waals surface area contributed by atoms with E-state index in [0.717, 1.165) is 74.6 Å². The Morgan fingerprint density at radius 2 is 2.24 bits per heavy atom. The van der Waals surface area contributed by atoms with Gasteiger partial charge in [0.05, 0.1) is 42.9 Å². The first-order chi connectivity index (χ1) is 16.1. The number of benzene rings is 1. The van der Waals surface area contributed by atoms with Gasteiger partial charge in [0.2, 0.25) is 0 Å². The van der Waals surface area contributed by atoms with Crippen molar-refractivity contribution in [3.63, 3.8) is 0 Å². The summed E-state index contributed by atoms with van der Waals surface area (Å²) in [5.41, 5.74) is 4.67. The number of rotatable bonds is 6. The normalized spacial score (nSPS) is 21.2. The molecule has 33 heavy (non-hydrogen) atoms. The van der Waals surface area contributed by atoms with Crippen molar-refractivity contribution in [1.29, 1.82) is 0 Å². The molecule has 0 saturated carbocycles. The molecular formula is C25H27ClN4O3. The number of allylic oxidation sites excluding steroid dienone is 3. The van der Waals surface area contributed by atoms with Crippen molar-refractivity contribution < 1.29 is 14.3 Å². The van der Waals surface area contributed by atoms with Crippen molar-refractivity contribution >= 4 is 34.3 Å². The van der Waals surface area contributed by atoms with Crippen LogP contribution in [0, 0.1) is 0 Å². The zero-order valence-corrected chi connectivity index (χ0v) is 19.4. The van der Waals surface area contributed by atoms with Gasteiger partial charge in [-0.2, -0.15) is 0 Å². The van der Waals surface area contributed by atoms with Gasteiger partial charge in [0, 0.05) is 31.8 Å². The molecule has 1 unspecified atom stereocenters. The lowest BCUT2D eigenvalue weighted by atomic mass is 10.0. The highest BCUT2D eigenvalue weighted by Crippen LogP contribution is 2.25. The van der Waals surface area contributed by atoms with Gasteiger partial charge in [-0.25, -0.2) is 14.8 Å². The second kappa shape index (κ2) is 9.63. The van der Waals surface area contributed by atoms with Crippen LogP contribution in [-0.2, 0) is 22.6 Å². The third-order valence-electron chi connectivity index (χ3n) is 6.38. The Morgan fingerprint density at radius 1 is 1.36 bits per heavy atom. The van der Waals surface area contributed by atoms with Crippen molar-refractivity contribution in [3.05, 3.63) is 64.6 Å². The Balaban J connectivity index is 1.37. The zero-order chi connectivity index (χ0) is 22.8. The molecule has 1 fully saturated rings. The van der Waals surface area contributed by atoms with E-state index in [1.54, 1.807) is 6.07 Å². The van der Waals surface area contributed by atoms with Crippen LogP contribution in [0.2, 0.25) is 0 Å². The maximum absolute atomic E-state index is 12.1. The highest BCUT2D eigenvalue weighted by molar-refractivity contribution is 6.30. The minimum absolute atomic E-state index is 0.190. The molecule has 4 heterocycles. The van der Waals surface area contributed by atoms with E-state index in [2.05, 4.69) is 26.6 Å². The predicted molar refractivity (Wildman–Crippen MR) is 129 cm³/mol. The van der Waals surface area contributed by atoms with Gasteiger partial charge in [-0.05, 0) is 42.7 Å². The van der Waals surface area contributed by atoms with Crippen LogP contribution in [0.4, 0.5) is 0 Å². The standard InChI is InChI=1S/C25H27ClN4O3/c1-32-25(31)18-6-7-21-22(14-18)30(15-19-10-13-33-19)24(28-21)16-29-11-8-17(9-12-29)20-4-2-3-5-23(26)27-20/h2-3,5-8,14,19H,4,9-13,15-16H2,1H3. The molecule has 1 aromatic carbocycles. The van der Waals surface area contributed by atoms with Crippen molar-refractivity contribution in [2.75, 3.05) is 26.8 Å². The summed E-state index contributed by atoms with van der Waals surface area (Å²) in [5, 5.41) is 0.528. The summed E-state index contributed by atoms with van der Waals surface area (Å²) in [6, 6.07) is 5.54. The molecule has 3 aliphatic rings. The number of methoxy groups -OCH3 is 1. The summed E-state index contributed by atoms with van der Waals surface area (Å²) in [4.78, 5) is 23.9. The number of hydrogen-bond acceptors (Lipinski definition) is 6. The van der Waals surface area contributed by atoms with Gasteiger partial charge in [0.15, 0.2) is 0 Å². The number of carbonyl (C=O) groups is 1.